The Morgan fingerprint density at radius 2 is 1.42 bits per heavy atom. The third-order valence-corrected chi connectivity index (χ3v) is 4.82. The summed E-state index contributed by atoms with van der Waals surface area (Å²) in [7, 11) is 4.61. The summed E-state index contributed by atoms with van der Waals surface area (Å²) in [5.74, 6) is 1.04. The summed E-state index contributed by atoms with van der Waals surface area (Å²) < 4.78 is 16.1. The van der Waals surface area contributed by atoms with Gasteiger partial charge in [-0.3, -0.25) is 4.79 Å². The van der Waals surface area contributed by atoms with Gasteiger partial charge in [0.2, 0.25) is 11.7 Å². The second-order valence-corrected chi connectivity index (χ2v) is 6.91. The van der Waals surface area contributed by atoms with E-state index in [4.69, 9.17) is 14.2 Å². The quantitative estimate of drug-likeness (QED) is 0.257. The molecule has 0 unspecified atom stereocenters. The van der Waals surface area contributed by atoms with Crippen molar-refractivity contribution < 1.29 is 29.2 Å². The van der Waals surface area contributed by atoms with Gasteiger partial charge in [0.15, 0.2) is 11.5 Å². The number of methoxy groups -OCH3 is 3. The molecule has 0 saturated carbocycles. The van der Waals surface area contributed by atoms with Crippen molar-refractivity contribution >= 4 is 29.8 Å². The third kappa shape index (κ3) is 5.65. The van der Waals surface area contributed by atoms with Crippen molar-refractivity contribution in [2.45, 2.75) is 0 Å². The molecular weight excluding hydrogens is 422 g/mol. The molecule has 0 radical (unpaired) electrons. The molecule has 3 N–H and O–H groups in total. The van der Waals surface area contributed by atoms with Crippen molar-refractivity contribution in [3.05, 3.63) is 77.4 Å². The fraction of sp³-hybridized carbons (Fsp3) is 0.115. The zero-order valence-corrected chi connectivity index (χ0v) is 18.5. The highest BCUT2D eigenvalue weighted by Crippen LogP contribution is 2.39. The van der Waals surface area contributed by atoms with E-state index in [1.165, 1.54) is 45.6 Å². The molecule has 0 heterocycles. The Hall–Kier alpha value is -4.39. The van der Waals surface area contributed by atoms with Crippen molar-refractivity contribution in [2.24, 2.45) is 0 Å². The van der Waals surface area contributed by atoms with E-state index in [2.05, 4.69) is 5.32 Å². The lowest BCUT2D eigenvalue weighted by Gasteiger charge is -2.13. The molecule has 0 bridgehead atoms. The highest BCUT2D eigenvalue weighted by Gasteiger charge is 2.13. The van der Waals surface area contributed by atoms with Crippen LogP contribution in [-0.2, 0) is 4.79 Å². The van der Waals surface area contributed by atoms with Crippen LogP contribution in [0.25, 0.3) is 18.2 Å². The number of phenols is 2. The van der Waals surface area contributed by atoms with Gasteiger partial charge < -0.3 is 29.7 Å². The zero-order chi connectivity index (χ0) is 23.8. The molecule has 170 valence electrons. The van der Waals surface area contributed by atoms with Gasteiger partial charge in [-0.15, -0.1) is 0 Å². The number of ether oxygens (including phenoxy) is 3. The van der Waals surface area contributed by atoms with E-state index in [0.717, 1.165) is 5.56 Å². The summed E-state index contributed by atoms with van der Waals surface area (Å²) in [6.07, 6.45) is 6.33. The monoisotopic (exact) mass is 447 g/mol. The van der Waals surface area contributed by atoms with Crippen molar-refractivity contribution in [3.63, 3.8) is 0 Å². The molecule has 3 aromatic carbocycles. The molecule has 1 amide bonds. The highest BCUT2D eigenvalue weighted by atomic mass is 16.5. The zero-order valence-electron chi connectivity index (χ0n) is 18.5. The molecule has 0 aliphatic heterocycles. The first-order valence-corrected chi connectivity index (χ1v) is 10.0. The Bertz CT molecular complexity index is 1170. The van der Waals surface area contributed by atoms with Crippen LogP contribution in [0.4, 0.5) is 5.69 Å². The maximum atomic E-state index is 12.5. The summed E-state index contributed by atoms with van der Waals surface area (Å²) >= 11 is 0. The number of rotatable bonds is 8. The van der Waals surface area contributed by atoms with E-state index in [-0.39, 0.29) is 17.2 Å². The molecule has 3 rings (SSSR count). The molecule has 0 fully saturated rings. The minimum atomic E-state index is -0.456. The van der Waals surface area contributed by atoms with E-state index in [0.29, 0.717) is 28.4 Å². The van der Waals surface area contributed by atoms with E-state index in [9.17, 15) is 15.0 Å². The Labute approximate surface area is 192 Å². The largest absolute Gasteiger partial charge is 0.507 e. The second kappa shape index (κ2) is 10.8. The summed E-state index contributed by atoms with van der Waals surface area (Å²) in [6.45, 7) is 0. The molecular formula is C26H25NO6. The standard InChI is InChI=1S/C26H25NO6/c1-31-22-15-17(16-23(32-2)26(22)33-3)11-12-19-8-6-10-21(29)25(19)27-24(30)14-13-18-7-4-5-9-20(18)28/h4-16,28-29H,1-3H3,(H,27,30)/b12-11+,14-13+. The number of amides is 1. The molecule has 0 aliphatic carbocycles. The Morgan fingerprint density at radius 1 is 0.788 bits per heavy atom. The first-order valence-electron chi connectivity index (χ1n) is 10.0. The smallest absolute Gasteiger partial charge is 0.248 e. The van der Waals surface area contributed by atoms with Gasteiger partial charge in [0.1, 0.15) is 11.5 Å². The van der Waals surface area contributed by atoms with E-state index >= 15 is 0 Å². The minimum Gasteiger partial charge on any atom is -0.507 e. The Kier molecular flexibility index (Phi) is 7.60. The Balaban J connectivity index is 1.86. The van der Waals surface area contributed by atoms with Crippen LogP contribution in [0.15, 0.2) is 60.7 Å². The number of para-hydroxylation sites is 2. The predicted octanol–water partition coefficient (Wildman–Crippen LogP) is 4.95. The van der Waals surface area contributed by atoms with Crippen molar-refractivity contribution in [2.75, 3.05) is 26.6 Å². The van der Waals surface area contributed by atoms with Crippen LogP contribution >= 0.6 is 0 Å². The van der Waals surface area contributed by atoms with E-state index in [1.807, 2.05) is 0 Å². The van der Waals surface area contributed by atoms with Gasteiger partial charge in [-0.1, -0.05) is 42.5 Å². The van der Waals surface area contributed by atoms with Crippen molar-refractivity contribution in [1.82, 2.24) is 0 Å². The SMILES string of the molecule is COc1cc(/C=C/c2cccc(O)c2NC(=O)/C=C/c2ccccc2O)cc(OC)c1OC. The van der Waals surface area contributed by atoms with Crippen molar-refractivity contribution in [1.29, 1.82) is 0 Å². The van der Waals surface area contributed by atoms with Crippen LogP contribution in [0, 0.1) is 0 Å². The molecule has 33 heavy (non-hydrogen) atoms. The van der Waals surface area contributed by atoms with Gasteiger partial charge in [-0.2, -0.15) is 0 Å². The normalized spacial score (nSPS) is 11.0. The predicted molar refractivity (Wildman–Crippen MR) is 129 cm³/mol. The van der Waals surface area contributed by atoms with Crippen LogP contribution < -0.4 is 19.5 Å². The van der Waals surface area contributed by atoms with Gasteiger partial charge >= 0.3 is 0 Å². The number of hydrogen-bond acceptors (Lipinski definition) is 6. The topological polar surface area (TPSA) is 97.3 Å². The molecule has 0 atom stereocenters. The van der Waals surface area contributed by atoms with Gasteiger partial charge in [-0.05, 0) is 35.9 Å². The minimum absolute atomic E-state index is 0.0677. The summed E-state index contributed by atoms with van der Waals surface area (Å²) in [5.41, 5.74) is 2.12. The van der Waals surface area contributed by atoms with Gasteiger partial charge in [-0.25, -0.2) is 0 Å². The molecule has 7 nitrogen and oxygen atoms in total. The molecule has 0 aromatic heterocycles. The highest BCUT2D eigenvalue weighted by molar-refractivity contribution is 6.04. The van der Waals surface area contributed by atoms with Gasteiger partial charge in [0.25, 0.3) is 0 Å². The number of phenolic OH excluding ortho intramolecular Hbond substituents is 2. The van der Waals surface area contributed by atoms with E-state index in [1.54, 1.807) is 54.6 Å². The molecule has 0 aliphatic rings. The van der Waals surface area contributed by atoms with Gasteiger partial charge in [0.05, 0.1) is 27.0 Å². The van der Waals surface area contributed by atoms with E-state index < -0.39 is 5.91 Å². The number of hydrogen-bond donors (Lipinski definition) is 3. The summed E-state index contributed by atoms with van der Waals surface area (Å²) in [4.78, 5) is 12.5. The van der Waals surface area contributed by atoms with Crippen LogP contribution in [-0.4, -0.2) is 37.4 Å². The average Bonchev–Trinajstić information content (AvgIpc) is 2.83. The fourth-order valence-corrected chi connectivity index (χ4v) is 3.17. The van der Waals surface area contributed by atoms with Crippen LogP contribution in [0.1, 0.15) is 16.7 Å². The summed E-state index contributed by atoms with van der Waals surface area (Å²) in [5, 5.41) is 22.8. The number of carbonyl (C=O) groups is 1. The van der Waals surface area contributed by atoms with Crippen molar-refractivity contribution in [3.8, 4) is 28.7 Å². The molecule has 7 heteroatoms. The maximum Gasteiger partial charge on any atom is 0.248 e. The lowest BCUT2D eigenvalue weighted by Crippen LogP contribution is -2.09. The lowest BCUT2D eigenvalue weighted by atomic mass is 10.1. The third-order valence-electron chi connectivity index (χ3n) is 4.82. The maximum absolute atomic E-state index is 12.5. The van der Waals surface area contributed by atoms with Crippen LogP contribution in [0.2, 0.25) is 0 Å². The number of benzene rings is 3. The lowest BCUT2D eigenvalue weighted by molar-refractivity contribution is -0.111. The average molecular weight is 447 g/mol. The number of anilines is 1. The van der Waals surface area contributed by atoms with Gasteiger partial charge in [0, 0.05) is 17.2 Å². The summed E-state index contributed by atoms with van der Waals surface area (Å²) in [6, 6.07) is 15.2. The number of aromatic hydroxyl groups is 2. The first-order chi connectivity index (χ1) is 16.0. The number of nitrogens with one attached hydrogen (secondary N) is 1. The second-order valence-electron chi connectivity index (χ2n) is 6.91. The molecule has 0 saturated heterocycles. The molecule has 3 aromatic rings. The number of carbonyl (C=O) groups excluding carboxylic acids is 1. The Morgan fingerprint density at radius 3 is 2.06 bits per heavy atom. The van der Waals surface area contributed by atoms with Crippen LogP contribution in [0.3, 0.4) is 0 Å². The fourth-order valence-electron chi connectivity index (χ4n) is 3.17. The van der Waals surface area contributed by atoms with Crippen LogP contribution in [0.5, 0.6) is 28.7 Å². The molecule has 0 spiro atoms. The first kappa shape index (κ1) is 23.3.